The summed E-state index contributed by atoms with van der Waals surface area (Å²) in [5, 5.41) is 12.0. The molecule has 0 saturated heterocycles. The number of benzene rings is 3. The van der Waals surface area contributed by atoms with Gasteiger partial charge in [0.25, 0.3) is 0 Å². The van der Waals surface area contributed by atoms with Crippen LogP contribution in [0, 0.1) is 0 Å². The van der Waals surface area contributed by atoms with Crippen molar-refractivity contribution < 1.29 is 13.9 Å². The fourth-order valence-electron chi connectivity index (χ4n) is 4.27. The molecule has 3 aromatic carbocycles. The predicted molar refractivity (Wildman–Crippen MR) is 128 cm³/mol. The number of fused-ring (bicyclic) bond motifs is 2. The zero-order valence-electron chi connectivity index (χ0n) is 18.2. The van der Waals surface area contributed by atoms with Crippen molar-refractivity contribution in [3.05, 3.63) is 122 Å². The third-order valence-corrected chi connectivity index (χ3v) is 6.06. The molecule has 0 saturated carbocycles. The number of para-hydroxylation sites is 2. The molecule has 5 heteroatoms. The van der Waals surface area contributed by atoms with Crippen LogP contribution in [0.2, 0.25) is 0 Å². The second-order valence-corrected chi connectivity index (χ2v) is 8.42. The Kier molecular flexibility index (Phi) is 5.09. The van der Waals surface area contributed by atoms with Gasteiger partial charge in [0.15, 0.2) is 5.43 Å². The van der Waals surface area contributed by atoms with Gasteiger partial charge >= 0.3 is 5.63 Å². The smallest absolute Gasteiger partial charge is 0.344 e. The van der Waals surface area contributed by atoms with Crippen molar-refractivity contribution in [3.8, 4) is 5.75 Å². The van der Waals surface area contributed by atoms with Crippen LogP contribution < -0.4 is 11.1 Å². The maximum absolute atomic E-state index is 13.5. The molecule has 0 aliphatic carbocycles. The Morgan fingerprint density at radius 3 is 2.06 bits per heavy atom. The molecule has 1 unspecified atom stereocenters. The number of aromatic hydroxyl groups is 1. The van der Waals surface area contributed by atoms with Crippen LogP contribution in [0.5, 0.6) is 5.75 Å². The first-order chi connectivity index (χ1) is 16.0. The molecular weight excluding hydrogens is 416 g/mol. The Bertz CT molecular complexity index is 1590. The summed E-state index contributed by atoms with van der Waals surface area (Å²) in [7, 11) is 0. The zero-order chi connectivity index (χ0) is 23.1. The molecule has 164 valence electrons. The lowest BCUT2D eigenvalue weighted by Crippen LogP contribution is -2.21. The molecule has 0 aliphatic heterocycles. The number of hydrogen-bond donors (Lipinski definition) is 1. The third kappa shape index (κ3) is 3.52. The van der Waals surface area contributed by atoms with Crippen LogP contribution in [-0.4, -0.2) is 5.11 Å². The molecule has 5 nitrogen and oxygen atoms in total. The number of hydrogen-bond acceptors (Lipinski definition) is 5. The molecule has 0 aliphatic rings. The lowest BCUT2D eigenvalue weighted by atomic mass is 9.84. The van der Waals surface area contributed by atoms with E-state index >= 15 is 0 Å². The van der Waals surface area contributed by atoms with E-state index in [0.29, 0.717) is 27.8 Å². The van der Waals surface area contributed by atoms with Crippen LogP contribution in [0.4, 0.5) is 0 Å². The van der Waals surface area contributed by atoms with Gasteiger partial charge in [-0.05, 0) is 41.3 Å². The van der Waals surface area contributed by atoms with Crippen LogP contribution in [0.15, 0.2) is 97.5 Å². The first kappa shape index (κ1) is 20.8. The van der Waals surface area contributed by atoms with E-state index in [1.807, 2.05) is 24.3 Å². The molecule has 0 fully saturated rings. The zero-order valence-corrected chi connectivity index (χ0v) is 18.2. The van der Waals surface area contributed by atoms with E-state index in [1.54, 1.807) is 48.5 Å². The Labute approximate surface area is 189 Å². The summed E-state index contributed by atoms with van der Waals surface area (Å²) in [4.78, 5) is 26.6. The fraction of sp³-hybridized carbons (Fsp3) is 0.143. The highest BCUT2D eigenvalue weighted by atomic mass is 16.4. The van der Waals surface area contributed by atoms with Gasteiger partial charge in [-0.1, -0.05) is 62.4 Å². The summed E-state index contributed by atoms with van der Waals surface area (Å²) in [6.07, 6.45) is 1.37. The molecule has 2 heterocycles. The molecule has 5 aromatic rings. The molecule has 2 aromatic heterocycles. The van der Waals surface area contributed by atoms with E-state index in [9.17, 15) is 14.7 Å². The summed E-state index contributed by atoms with van der Waals surface area (Å²) < 4.78 is 11.3. The van der Waals surface area contributed by atoms with E-state index in [0.717, 1.165) is 5.56 Å². The third-order valence-electron chi connectivity index (χ3n) is 6.06. The summed E-state index contributed by atoms with van der Waals surface area (Å²) in [5.74, 6) is -0.748. The number of rotatable bonds is 4. The van der Waals surface area contributed by atoms with Gasteiger partial charge in [-0.3, -0.25) is 4.79 Å². The lowest BCUT2D eigenvalue weighted by molar-refractivity contribution is 0.454. The Balaban J connectivity index is 1.83. The minimum atomic E-state index is -0.868. The van der Waals surface area contributed by atoms with E-state index in [2.05, 4.69) is 13.8 Å². The van der Waals surface area contributed by atoms with Crippen LogP contribution in [-0.2, 0) is 0 Å². The summed E-state index contributed by atoms with van der Waals surface area (Å²) in [5.41, 5.74) is 1.84. The van der Waals surface area contributed by atoms with Crippen LogP contribution in [0.1, 0.15) is 47.9 Å². The van der Waals surface area contributed by atoms with Crippen LogP contribution in [0.3, 0.4) is 0 Å². The van der Waals surface area contributed by atoms with E-state index in [1.165, 1.54) is 6.26 Å². The molecule has 0 amide bonds. The normalized spacial score (nSPS) is 12.5. The molecule has 33 heavy (non-hydrogen) atoms. The second kappa shape index (κ2) is 8.10. The molecule has 5 rings (SSSR count). The van der Waals surface area contributed by atoms with Gasteiger partial charge in [0, 0.05) is 5.56 Å². The van der Waals surface area contributed by atoms with E-state index in [4.69, 9.17) is 8.83 Å². The second-order valence-electron chi connectivity index (χ2n) is 8.42. The van der Waals surface area contributed by atoms with Crippen LogP contribution in [0.25, 0.3) is 21.9 Å². The first-order valence-electron chi connectivity index (χ1n) is 10.8. The van der Waals surface area contributed by atoms with Crippen LogP contribution >= 0.6 is 0 Å². The van der Waals surface area contributed by atoms with Gasteiger partial charge in [0.05, 0.1) is 28.5 Å². The Morgan fingerprint density at radius 1 is 0.758 bits per heavy atom. The first-order valence-corrected chi connectivity index (χ1v) is 10.8. The van der Waals surface area contributed by atoms with Crippen molar-refractivity contribution in [2.75, 3.05) is 0 Å². The molecule has 0 bridgehead atoms. The summed E-state index contributed by atoms with van der Waals surface area (Å²) >= 11 is 0. The molecule has 1 N–H and O–H groups in total. The SMILES string of the molecule is CC(C)c1ccc(C(c2c(O)c3ccccc3oc2=O)c2coc3ccccc3c2=O)cc1. The largest absolute Gasteiger partial charge is 0.507 e. The minimum absolute atomic E-state index is 0.00794. The van der Waals surface area contributed by atoms with Gasteiger partial charge in [0.1, 0.15) is 16.9 Å². The van der Waals surface area contributed by atoms with Gasteiger partial charge in [-0.25, -0.2) is 4.79 Å². The summed E-state index contributed by atoms with van der Waals surface area (Å²) in [6.45, 7) is 4.18. The average molecular weight is 438 g/mol. The van der Waals surface area contributed by atoms with Gasteiger partial charge in [-0.15, -0.1) is 0 Å². The maximum atomic E-state index is 13.5. The molecule has 0 spiro atoms. The monoisotopic (exact) mass is 438 g/mol. The van der Waals surface area contributed by atoms with Crippen molar-refractivity contribution in [1.82, 2.24) is 0 Å². The molecular formula is C28H22O5. The van der Waals surface area contributed by atoms with Crippen molar-refractivity contribution in [2.45, 2.75) is 25.7 Å². The topological polar surface area (TPSA) is 80.7 Å². The Morgan fingerprint density at radius 2 is 1.36 bits per heavy atom. The highest BCUT2D eigenvalue weighted by molar-refractivity contribution is 5.85. The van der Waals surface area contributed by atoms with E-state index in [-0.39, 0.29) is 27.9 Å². The average Bonchev–Trinajstić information content (AvgIpc) is 2.83. The Hall–Kier alpha value is -4.12. The summed E-state index contributed by atoms with van der Waals surface area (Å²) in [6, 6.07) is 21.4. The van der Waals surface area contributed by atoms with Gasteiger partial charge < -0.3 is 13.9 Å². The van der Waals surface area contributed by atoms with E-state index < -0.39 is 11.5 Å². The highest BCUT2D eigenvalue weighted by Gasteiger charge is 2.29. The maximum Gasteiger partial charge on any atom is 0.344 e. The van der Waals surface area contributed by atoms with Crippen molar-refractivity contribution >= 4 is 21.9 Å². The lowest BCUT2D eigenvalue weighted by Gasteiger charge is -2.19. The van der Waals surface area contributed by atoms with Crippen molar-refractivity contribution in [3.63, 3.8) is 0 Å². The quantitative estimate of drug-likeness (QED) is 0.353. The molecule has 0 radical (unpaired) electrons. The predicted octanol–water partition coefficient (Wildman–Crippen LogP) is 5.91. The highest BCUT2D eigenvalue weighted by Crippen LogP contribution is 2.38. The van der Waals surface area contributed by atoms with Gasteiger partial charge in [0.2, 0.25) is 0 Å². The van der Waals surface area contributed by atoms with Gasteiger partial charge in [-0.2, -0.15) is 0 Å². The molecule has 1 atom stereocenters. The standard InChI is InChI=1S/C28H22O5/c1-16(2)17-11-13-18(14-12-17)24(21-15-32-22-9-5-3-7-19(22)26(21)29)25-27(30)20-8-4-6-10-23(20)33-28(25)31/h3-16,24,30H,1-2H3. The fourth-order valence-corrected chi connectivity index (χ4v) is 4.27. The van der Waals surface area contributed by atoms with Crippen molar-refractivity contribution in [1.29, 1.82) is 0 Å². The van der Waals surface area contributed by atoms with Crippen molar-refractivity contribution in [2.24, 2.45) is 0 Å². The minimum Gasteiger partial charge on any atom is -0.507 e.